The Labute approximate surface area is 101 Å². The topological polar surface area (TPSA) is 29.3 Å². The van der Waals surface area contributed by atoms with Crippen LogP contribution in [0.25, 0.3) is 0 Å². The van der Waals surface area contributed by atoms with Crippen molar-refractivity contribution in [3.05, 3.63) is 0 Å². The minimum Gasteiger partial charge on any atom is -0.326 e. The molecule has 0 spiro atoms. The Morgan fingerprint density at radius 2 is 1.82 bits per heavy atom. The maximum absolute atomic E-state index is 12.3. The van der Waals surface area contributed by atoms with Crippen molar-refractivity contribution in [3.63, 3.8) is 0 Å². The van der Waals surface area contributed by atoms with Crippen LogP contribution in [0, 0.1) is 5.92 Å². The van der Waals surface area contributed by atoms with Crippen molar-refractivity contribution in [2.75, 3.05) is 19.6 Å². The fraction of sp³-hybridized carbons (Fsp3) is 1.00. The number of rotatable bonds is 5. The third-order valence-corrected chi connectivity index (χ3v) is 3.57. The standard InChI is InChI=1S/C12H23F3N2/c1-2-17(9-12(13,14)15)8-11(16)10-6-4-3-5-7-10/h10-11H,2-9,16H2,1H3. The zero-order valence-electron chi connectivity index (χ0n) is 10.5. The van der Waals surface area contributed by atoms with Gasteiger partial charge in [-0.05, 0) is 25.3 Å². The first kappa shape index (κ1) is 14.8. The van der Waals surface area contributed by atoms with Crippen LogP contribution in [0.1, 0.15) is 39.0 Å². The molecule has 0 aromatic heterocycles. The average molecular weight is 252 g/mol. The summed E-state index contributed by atoms with van der Waals surface area (Å²) in [5, 5.41) is 0. The van der Waals surface area contributed by atoms with E-state index in [0.717, 1.165) is 12.8 Å². The van der Waals surface area contributed by atoms with E-state index < -0.39 is 12.7 Å². The summed E-state index contributed by atoms with van der Waals surface area (Å²) in [4.78, 5) is 1.40. The van der Waals surface area contributed by atoms with E-state index in [2.05, 4.69) is 0 Å². The first-order valence-corrected chi connectivity index (χ1v) is 6.47. The molecule has 0 amide bonds. The van der Waals surface area contributed by atoms with Crippen LogP contribution >= 0.6 is 0 Å². The Morgan fingerprint density at radius 3 is 2.29 bits per heavy atom. The Kier molecular flexibility index (Phi) is 5.73. The summed E-state index contributed by atoms with van der Waals surface area (Å²) in [7, 11) is 0. The Hall–Kier alpha value is -0.290. The van der Waals surface area contributed by atoms with Crippen molar-refractivity contribution < 1.29 is 13.2 Å². The van der Waals surface area contributed by atoms with Gasteiger partial charge < -0.3 is 5.73 Å². The zero-order chi connectivity index (χ0) is 12.9. The van der Waals surface area contributed by atoms with Crippen molar-refractivity contribution in [1.82, 2.24) is 4.90 Å². The lowest BCUT2D eigenvalue weighted by Gasteiger charge is -2.32. The van der Waals surface area contributed by atoms with Crippen LogP contribution in [0.15, 0.2) is 0 Å². The van der Waals surface area contributed by atoms with Crippen LogP contribution in [0.2, 0.25) is 0 Å². The molecule has 2 N–H and O–H groups in total. The van der Waals surface area contributed by atoms with Gasteiger partial charge in [0.1, 0.15) is 0 Å². The number of nitrogens with two attached hydrogens (primary N) is 1. The molecule has 0 aliphatic heterocycles. The van der Waals surface area contributed by atoms with Crippen LogP contribution in [-0.4, -0.2) is 36.8 Å². The number of hydrogen-bond acceptors (Lipinski definition) is 2. The lowest BCUT2D eigenvalue weighted by atomic mass is 9.84. The second kappa shape index (κ2) is 6.59. The van der Waals surface area contributed by atoms with E-state index >= 15 is 0 Å². The van der Waals surface area contributed by atoms with E-state index in [1.165, 1.54) is 24.2 Å². The predicted molar refractivity (Wildman–Crippen MR) is 62.7 cm³/mol. The summed E-state index contributed by atoms with van der Waals surface area (Å²) < 4.78 is 36.9. The molecular weight excluding hydrogens is 229 g/mol. The van der Waals surface area contributed by atoms with E-state index in [1.54, 1.807) is 6.92 Å². The molecule has 1 aliphatic rings. The van der Waals surface area contributed by atoms with Crippen LogP contribution in [0.3, 0.4) is 0 Å². The second-order valence-electron chi connectivity index (χ2n) is 5.00. The molecule has 17 heavy (non-hydrogen) atoms. The van der Waals surface area contributed by atoms with Crippen molar-refractivity contribution in [2.24, 2.45) is 11.7 Å². The summed E-state index contributed by atoms with van der Waals surface area (Å²) >= 11 is 0. The minimum absolute atomic E-state index is 0.113. The summed E-state index contributed by atoms with van der Waals surface area (Å²) in [6, 6.07) is -0.113. The number of hydrogen-bond donors (Lipinski definition) is 1. The number of likely N-dealkylation sites (N-methyl/N-ethyl adjacent to an activating group) is 1. The molecule has 5 heteroatoms. The molecule has 102 valence electrons. The molecule has 0 aromatic rings. The molecule has 1 unspecified atom stereocenters. The monoisotopic (exact) mass is 252 g/mol. The van der Waals surface area contributed by atoms with Crippen LogP contribution < -0.4 is 5.73 Å². The summed E-state index contributed by atoms with van der Waals surface area (Å²) in [6.07, 6.45) is 1.61. The van der Waals surface area contributed by atoms with E-state index in [4.69, 9.17) is 5.73 Å². The molecule has 0 saturated heterocycles. The fourth-order valence-electron chi connectivity index (χ4n) is 2.57. The number of nitrogens with zero attached hydrogens (tertiary/aromatic N) is 1. The van der Waals surface area contributed by atoms with E-state index in [1.807, 2.05) is 0 Å². The fourth-order valence-corrected chi connectivity index (χ4v) is 2.57. The molecule has 0 aromatic carbocycles. The van der Waals surface area contributed by atoms with Gasteiger partial charge >= 0.3 is 6.18 Å². The molecule has 0 heterocycles. The van der Waals surface area contributed by atoms with Gasteiger partial charge in [-0.1, -0.05) is 26.2 Å². The molecule has 2 nitrogen and oxygen atoms in total. The summed E-state index contributed by atoms with van der Waals surface area (Å²) in [5.41, 5.74) is 6.03. The van der Waals surface area contributed by atoms with Crippen LogP contribution in [0.4, 0.5) is 13.2 Å². The van der Waals surface area contributed by atoms with Gasteiger partial charge in [-0.2, -0.15) is 13.2 Å². The highest BCUT2D eigenvalue weighted by atomic mass is 19.4. The van der Waals surface area contributed by atoms with E-state index in [-0.39, 0.29) is 6.04 Å². The largest absolute Gasteiger partial charge is 0.401 e. The van der Waals surface area contributed by atoms with Gasteiger partial charge in [0.25, 0.3) is 0 Å². The Balaban J connectivity index is 2.38. The van der Waals surface area contributed by atoms with Crippen molar-refractivity contribution >= 4 is 0 Å². The van der Waals surface area contributed by atoms with E-state index in [9.17, 15) is 13.2 Å². The highest BCUT2D eigenvalue weighted by Gasteiger charge is 2.31. The molecule has 0 radical (unpaired) electrons. The van der Waals surface area contributed by atoms with Gasteiger partial charge in [-0.25, -0.2) is 0 Å². The van der Waals surface area contributed by atoms with Crippen LogP contribution in [-0.2, 0) is 0 Å². The van der Waals surface area contributed by atoms with Gasteiger partial charge in [0, 0.05) is 12.6 Å². The lowest BCUT2D eigenvalue weighted by Crippen LogP contribution is -2.45. The quantitative estimate of drug-likeness (QED) is 0.815. The summed E-state index contributed by atoms with van der Waals surface area (Å²) in [6.45, 7) is 1.67. The highest BCUT2D eigenvalue weighted by Crippen LogP contribution is 2.26. The van der Waals surface area contributed by atoms with E-state index in [0.29, 0.717) is 19.0 Å². The van der Waals surface area contributed by atoms with Gasteiger partial charge in [0.15, 0.2) is 0 Å². The van der Waals surface area contributed by atoms with Crippen LogP contribution in [0.5, 0.6) is 0 Å². The lowest BCUT2D eigenvalue weighted by molar-refractivity contribution is -0.146. The summed E-state index contributed by atoms with van der Waals surface area (Å²) in [5.74, 6) is 0.408. The molecule has 1 saturated carbocycles. The Bertz CT molecular complexity index is 212. The van der Waals surface area contributed by atoms with Gasteiger partial charge in [0.05, 0.1) is 6.54 Å². The van der Waals surface area contributed by atoms with Gasteiger partial charge in [-0.15, -0.1) is 0 Å². The third-order valence-electron chi connectivity index (χ3n) is 3.57. The van der Waals surface area contributed by atoms with Crippen molar-refractivity contribution in [2.45, 2.75) is 51.2 Å². The average Bonchev–Trinajstić information content (AvgIpc) is 2.27. The van der Waals surface area contributed by atoms with Crippen molar-refractivity contribution in [1.29, 1.82) is 0 Å². The number of halogens is 3. The highest BCUT2D eigenvalue weighted by molar-refractivity contribution is 4.79. The molecule has 1 aliphatic carbocycles. The number of alkyl halides is 3. The second-order valence-corrected chi connectivity index (χ2v) is 5.00. The van der Waals surface area contributed by atoms with Crippen molar-refractivity contribution in [3.8, 4) is 0 Å². The minimum atomic E-state index is -4.12. The molecule has 0 bridgehead atoms. The first-order chi connectivity index (χ1) is 7.92. The first-order valence-electron chi connectivity index (χ1n) is 6.47. The molecule has 1 rings (SSSR count). The maximum atomic E-state index is 12.3. The predicted octanol–water partition coefficient (Wildman–Crippen LogP) is 2.78. The van der Waals surface area contributed by atoms with Gasteiger partial charge in [-0.3, -0.25) is 4.90 Å². The molecular formula is C12H23F3N2. The Morgan fingerprint density at radius 1 is 1.24 bits per heavy atom. The smallest absolute Gasteiger partial charge is 0.326 e. The SMILES string of the molecule is CCN(CC(N)C1CCCCC1)CC(F)(F)F. The zero-order valence-corrected chi connectivity index (χ0v) is 10.5. The molecule has 1 fully saturated rings. The normalized spacial score (nSPS) is 20.8. The third kappa shape index (κ3) is 5.73. The maximum Gasteiger partial charge on any atom is 0.401 e. The van der Waals surface area contributed by atoms with Gasteiger partial charge in [0.2, 0.25) is 0 Å². The molecule has 1 atom stereocenters.